The first-order valence-corrected chi connectivity index (χ1v) is 8.03. The van der Waals surface area contributed by atoms with E-state index in [1.165, 1.54) is 0 Å². The highest BCUT2D eigenvalue weighted by Crippen LogP contribution is 2.34. The van der Waals surface area contributed by atoms with Crippen molar-refractivity contribution in [3.63, 3.8) is 0 Å². The number of aliphatic carboxylic acids is 1. The van der Waals surface area contributed by atoms with Crippen LogP contribution in [0, 0.1) is 0 Å². The van der Waals surface area contributed by atoms with Gasteiger partial charge in [0.25, 0.3) is 5.56 Å². The first-order chi connectivity index (χ1) is 12.6. The van der Waals surface area contributed by atoms with Crippen LogP contribution in [0.2, 0.25) is 0 Å². The number of hydrogen-bond donors (Lipinski definition) is 2. The minimum absolute atomic E-state index is 0.0126. The van der Waals surface area contributed by atoms with E-state index >= 15 is 0 Å². The van der Waals surface area contributed by atoms with Gasteiger partial charge in [-0.1, -0.05) is 12.1 Å². The lowest BCUT2D eigenvalue weighted by atomic mass is 10.1. The smallest absolute Gasteiger partial charge is 0.374 e. The molecule has 0 spiro atoms. The van der Waals surface area contributed by atoms with Crippen molar-refractivity contribution >= 4 is 28.0 Å². The summed E-state index contributed by atoms with van der Waals surface area (Å²) in [6.07, 6.45) is -2.71. The SMILES string of the molecule is O=C(O)C(F)(F)CCCCC(F)(F)c1nc2c(oc3ccccc32)c(=O)[nH]1. The number of halogens is 4. The van der Waals surface area contributed by atoms with E-state index in [9.17, 15) is 27.2 Å². The second-order valence-corrected chi connectivity index (χ2v) is 6.11. The maximum atomic E-state index is 14.4. The number of hydrogen-bond acceptors (Lipinski definition) is 4. The largest absolute Gasteiger partial charge is 0.477 e. The van der Waals surface area contributed by atoms with E-state index in [0.29, 0.717) is 11.0 Å². The lowest BCUT2D eigenvalue weighted by Gasteiger charge is -2.16. The van der Waals surface area contributed by atoms with Gasteiger partial charge in [0.2, 0.25) is 5.58 Å². The fourth-order valence-electron chi connectivity index (χ4n) is 2.69. The van der Waals surface area contributed by atoms with E-state index in [1.807, 2.05) is 4.98 Å². The van der Waals surface area contributed by atoms with Gasteiger partial charge in [0.05, 0.1) is 0 Å². The molecule has 0 saturated heterocycles. The zero-order valence-corrected chi connectivity index (χ0v) is 13.8. The second kappa shape index (κ2) is 6.67. The number of para-hydroxylation sites is 1. The molecule has 6 nitrogen and oxygen atoms in total. The van der Waals surface area contributed by atoms with Gasteiger partial charge in [0.1, 0.15) is 11.1 Å². The Kier molecular flexibility index (Phi) is 4.66. The van der Waals surface area contributed by atoms with Crippen molar-refractivity contribution in [1.82, 2.24) is 9.97 Å². The zero-order chi connectivity index (χ0) is 19.8. The van der Waals surface area contributed by atoms with E-state index in [4.69, 9.17) is 9.52 Å². The Morgan fingerprint density at radius 2 is 1.81 bits per heavy atom. The summed E-state index contributed by atoms with van der Waals surface area (Å²) in [6, 6.07) is 6.43. The molecule has 0 aliphatic heterocycles. The molecule has 0 fully saturated rings. The van der Waals surface area contributed by atoms with Gasteiger partial charge in [-0.3, -0.25) is 4.79 Å². The minimum Gasteiger partial charge on any atom is -0.477 e. The molecule has 10 heteroatoms. The monoisotopic (exact) mass is 386 g/mol. The molecular weight excluding hydrogens is 372 g/mol. The highest BCUT2D eigenvalue weighted by Gasteiger charge is 2.39. The summed E-state index contributed by atoms with van der Waals surface area (Å²) in [7, 11) is 0. The number of carboxylic acids is 1. The summed E-state index contributed by atoms with van der Waals surface area (Å²) in [6.45, 7) is 0. The number of benzene rings is 1. The standard InChI is InChI=1S/C17H14F4N2O4/c18-16(19,7-3-4-8-17(20,21)15(25)26)14-22-11-9-5-1-2-6-10(9)27-12(11)13(24)23-14/h1-2,5-6H,3-4,7-8H2,(H,25,26)(H,22,23,24). The number of nitrogens with one attached hydrogen (secondary N) is 1. The van der Waals surface area contributed by atoms with Gasteiger partial charge in [-0.15, -0.1) is 0 Å². The molecule has 0 bridgehead atoms. The van der Waals surface area contributed by atoms with Crippen molar-refractivity contribution in [3.05, 3.63) is 40.4 Å². The number of aromatic nitrogens is 2. The van der Waals surface area contributed by atoms with Crippen molar-refractivity contribution in [2.45, 2.75) is 37.5 Å². The number of carboxylic acid groups (broad SMARTS) is 1. The number of unbranched alkanes of at least 4 members (excludes halogenated alkanes) is 1. The van der Waals surface area contributed by atoms with Crippen LogP contribution in [0.25, 0.3) is 22.1 Å². The van der Waals surface area contributed by atoms with Crippen LogP contribution in [0.15, 0.2) is 33.5 Å². The van der Waals surface area contributed by atoms with Crippen molar-refractivity contribution in [2.24, 2.45) is 0 Å². The topological polar surface area (TPSA) is 96.2 Å². The van der Waals surface area contributed by atoms with Gasteiger partial charge < -0.3 is 14.5 Å². The molecule has 2 aromatic heterocycles. The van der Waals surface area contributed by atoms with E-state index in [-0.39, 0.29) is 17.5 Å². The minimum atomic E-state index is -3.96. The first-order valence-electron chi connectivity index (χ1n) is 8.03. The number of H-pyrrole nitrogens is 1. The van der Waals surface area contributed by atoms with Crippen LogP contribution in [-0.2, 0) is 10.7 Å². The summed E-state index contributed by atoms with van der Waals surface area (Å²) in [4.78, 5) is 28.2. The van der Waals surface area contributed by atoms with E-state index < -0.39 is 48.5 Å². The molecule has 0 aliphatic rings. The summed E-state index contributed by atoms with van der Waals surface area (Å²) in [5, 5.41) is 8.72. The molecule has 3 rings (SSSR count). The third kappa shape index (κ3) is 3.64. The molecule has 0 radical (unpaired) electrons. The lowest BCUT2D eigenvalue weighted by Crippen LogP contribution is -2.28. The molecule has 0 amide bonds. The van der Waals surface area contributed by atoms with E-state index in [0.717, 1.165) is 0 Å². The first kappa shape index (κ1) is 18.9. The maximum absolute atomic E-state index is 14.4. The number of furan rings is 1. The van der Waals surface area contributed by atoms with Gasteiger partial charge in [0, 0.05) is 18.2 Å². The molecule has 144 valence electrons. The quantitative estimate of drug-likeness (QED) is 0.472. The van der Waals surface area contributed by atoms with Gasteiger partial charge in [-0.05, 0) is 25.0 Å². The Labute approximate surface area is 148 Å². The van der Waals surface area contributed by atoms with Crippen LogP contribution < -0.4 is 5.56 Å². The Bertz CT molecular complexity index is 1060. The second-order valence-electron chi connectivity index (χ2n) is 6.11. The number of fused-ring (bicyclic) bond motifs is 3. The average molecular weight is 386 g/mol. The van der Waals surface area contributed by atoms with Crippen molar-refractivity contribution in [2.75, 3.05) is 0 Å². The number of alkyl halides is 4. The molecule has 0 aliphatic carbocycles. The maximum Gasteiger partial charge on any atom is 0.374 e. The molecule has 0 atom stereocenters. The third-order valence-corrected chi connectivity index (χ3v) is 4.12. The fourth-order valence-corrected chi connectivity index (χ4v) is 2.69. The number of aromatic amines is 1. The predicted octanol–water partition coefficient (Wildman–Crippen LogP) is 4.04. The molecule has 2 N–H and O–H groups in total. The van der Waals surface area contributed by atoms with Crippen LogP contribution in [0.3, 0.4) is 0 Å². The van der Waals surface area contributed by atoms with Crippen molar-refractivity contribution in [1.29, 1.82) is 0 Å². The van der Waals surface area contributed by atoms with Crippen LogP contribution in [-0.4, -0.2) is 27.0 Å². The van der Waals surface area contributed by atoms with Crippen LogP contribution in [0.1, 0.15) is 31.5 Å². The molecule has 2 heterocycles. The van der Waals surface area contributed by atoms with Gasteiger partial charge in [-0.2, -0.15) is 17.6 Å². The molecule has 3 aromatic rings. The Morgan fingerprint density at radius 3 is 2.52 bits per heavy atom. The fraction of sp³-hybridized carbons (Fsp3) is 0.353. The summed E-state index contributed by atoms with van der Waals surface area (Å²) in [5.41, 5.74) is -0.747. The Hall–Kier alpha value is -2.91. The lowest BCUT2D eigenvalue weighted by molar-refractivity contribution is -0.165. The van der Waals surface area contributed by atoms with Gasteiger partial charge in [-0.25, -0.2) is 9.78 Å². The summed E-state index contributed by atoms with van der Waals surface area (Å²) >= 11 is 0. The van der Waals surface area contributed by atoms with E-state index in [2.05, 4.69) is 4.98 Å². The normalized spacial score (nSPS) is 12.7. The third-order valence-electron chi connectivity index (χ3n) is 4.12. The van der Waals surface area contributed by atoms with Crippen LogP contribution in [0.5, 0.6) is 0 Å². The molecule has 1 aromatic carbocycles. The predicted molar refractivity (Wildman–Crippen MR) is 87.1 cm³/mol. The van der Waals surface area contributed by atoms with Crippen molar-refractivity contribution < 1.29 is 31.9 Å². The van der Waals surface area contributed by atoms with Crippen molar-refractivity contribution in [3.8, 4) is 0 Å². The van der Waals surface area contributed by atoms with Gasteiger partial charge >= 0.3 is 17.8 Å². The average Bonchev–Trinajstić information content (AvgIpc) is 2.98. The molecule has 0 unspecified atom stereocenters. The number of carbonyl (C=O) groups is 1. The summed E-state index contributed by atoms with van der Waals surface area (Å²) in [5.74, 6) is -10.7. The number of rotatable bonds is 7. The number of nitrogens with zero attached hydrogens (tertiary/aromatic N) is 1. The molecule has 0 saturated carbocycles. The Balaban J connectivity index is 1.82. The molecular formula is C17H14F4N2O4. The van der Waals surface area contributed by atoms with Crippen LogP contribution >= 0.6 is 0 Å². The Morgan fingerprint density at radius 1 is 1.15 bits per heavy atom. The van der Waals surface area contributed by atoms with Gasteiger partial charge in [0.15, 0.2) is 5.82 Å². The zero-order valence-electron chi connectivity index (χ0n) is 13.8. The molecule has 27 heavy (non-hydrogen) atoms. The summed E-state index contributed by atoms with van der Waals surface area (Å²) < 4.78 is 60.0. The van der Waals surface area contributed by atoms with Crippen LogP contribution in [0.4, 0.5) is 17.6 Å². The highest BCUT2D eigenvalue weighted by molar-refractivity contribution is 6.01. The highest BCUT2D eigenvalue weighted by atomic mass is 19.3. The van der Waals surface area contributed by atoms with E-state index in [1.54, 1.807) is 24.3 Å².